The highest BCUT2D eigenvalue weighted by atomic mass is 16.5. The fourth-order valence-corrected chi connectivity index (χ4v) is 2.37. The van der Waals surface area contributed by atoms with Gasteiger partial charge >= 0.3 is 5.97 Å². The monoisotopic (exact) mass is 263 g/mol. The van der Waals surface area contributed by atoms with Crippen LogP contribution in [0.3, 0.4) is 0 Å². The lowest BCUT2D eigenvalue weighted by Crippen LogP contribution is -2.43. The fraction of sp³-hybridized carbons (Fsp3) is 0.429. The Bertz CT molecular complexity index is 500. The molecule has 0 radical (unpaired) electrons. The zero-order valence-electron chi connectivity index (χ0n) is 11.0. The second-order valence-electron chi connectivity index (χ2n) is 4.61. The Labute approximate surface area is 111 Å². The van der Waals surface area contributed by atoms with E-state index in [1.165, 1.54) is 7.11 Å². The molecule has 1 aliphatic heterocycles. The van der Waals surface area contributed by atoms with Crippen LogP contribution in [0.1, 0.15) is 24.8 Å². The van der Waals surface area contributed by atoms with Crippen LogP contribution in [0.15, 0.2) is 24.3 Å². The van der Waals surface area contributed by atoms with E-state index in [1.54, 1.807) is 36.1 Å². The molecule has 2 rings (SSSR count). The number of carbonyl (C=O) groups is 2. The minimum absolute atomic E-state index is 0.140. The van der Waals surface area contributed by atoms with Gasteiger partial charge < -0.3 is 14.7 Å². The number of aliphatic carboxylic acids is 1. The lowest BCUT2D eigenvalue weighted by molar-refractivity contribution is -0.139. The summed E-state index contributed by atoms with van der Waals surface area (Å²) in [5, 5.41) is 9.24. The van der Waals surface area contributed by atoms with Gasteiger partial charge in [0.2, 0.25) is 0 Å². The highest BCUT2D eigenvalue weighted by molar-refractivity contribution is 5.98. The van der Waals surface area contributed by atoms with Crippen molar-refractivity contribution in [3.8, 4) is 0 Å². The molecule has 1 amide bonds. The number of hydrogen-bond acceptors (Lipinski definition) is 3. The molecule has 0 spiro atoms. The number of hydrogen-bond donors (Lipinski definition) is 1. The summed E-state index contributed by atoms with van der Waals surface area (Å²) in [6, 6.07) is 7.15. The van der Waals surface area contributed by atoms with Crippen molar-refractivity contribution in [2.45, 2.75) is 25.4 Å². The number of methoxy groups -OCH3 is 1. The molecule has 2 unspecified atom stereocenters. The van der Waals surface area contributed by atoms with Gasteiger partial charge in [-0.3, -0.25) is 9.59 Å². The first-order chi connectivity index (χ1) is 9.06. The van der Waals surface area contributed by atoms with E-state index in [4.69, 9.17) is 4.74 Å². The molecule has 2 atom stereocenters. The number of para-hydroxylation sites is 1. The van der Waals surface area contributed by atoms with Gasteiger partial charge in [0, 0.05) is 19.3 Å². The number of benzene rings is 1. The summed E-state index contributed by atoms with van der Waals surface area (Å²) in [6.45, 7) is 2.09. The molecule has 0 bridgehead atoms. The Morgan fingerprint density at radius 3 is 2.74 bits per heavy atom. The molecular weight excluding hydrogens is 246 g/mol. The van der Waals surface area contributed by atoms with Crippen molar-refractivity contribution in [1.82, 2.24) is 0 Å². The number of carboxylic acid groups (broad SMARTS) is 1. The van der Waals surface area contributed by atoms with Crippen molar-refractivity contribution >= 4 is 17.6 Å². The molecule has 0 aliphatic carbocycles. The van der Waals surface area contributed by atoms with E-state index in [0.29, 0.717) is 24.2 Å². The van der Waals surface area contributed by atoms with Gasteiger partial charge in [0.05, 0.1) is 5.92 Å². The van der Waals surface area contributed by atoms with E-state index in [1.807, 2.05) is 0 Å². The van der Waals surface area contributed by atoms with E-state index in [0.717, 1.165) is 0 Å². The Hall–Kier alpha value is -1.88. The Morgan fingerprint density at radius 2 is 2.11 bits per heavy atom. The second kappa shape index (κ2) is 5.40. The van der Waals surface area contributed by atoms with Gasteiger partial charge in [0.15, 0.2) is 0 Å². The third-order valence-electron chi connectivity index (χ3n) is 3.51. The summed E-state index contributed by atoms with van der Waals surface area (Å²) in [7, 11) is 1.48. The Kier molecular flexibility index (Phi) is 3.85. The predicted octanol–water partition coefficient (Wildman–Crippen LogP) is 1.63. The van der Waals surface area contributed by atoms with E-state index >= 15 is 0 Å². The van der Waals surface area contributed by atoms with Gasteiger partial charge in [-0.05, 0) is 25.0 Å². The minimum atomic E-state index is -0.848. The number of anilines is 1. The number of ether oxygens (including phenoxy) is 1. The van der Waals surface area contributed by atoms with Gasteiger partial charge in [-0.1, -0.05) is 18.2 Å². The van der Waals surface area contributed by atoms with E-state index in [2.05, 4.69) is 0 Å². The van der Waals surface area contributed by atoms with Gasteiger partial charge in [-0.2, -0.15) is 0 Å². The van der Waals surface area contributed by atoms with Gasteiger partial charge in [-0.25, -0.2) is 0 Å². The molecule has 0 saturated heterocycles. The van der Waals surface area contributed by atoms with Crippen LogP contribution in [-0.2, 0) is 14.3 Å². The van der Waals surface area contributed by atoms with Gasteiger partial charge in [-0.15, -0.1) is 0 Å². The summed E-state index contributed by atoms with van der Waals surface area (Å²) in [5.74, 6) is -1.53. The molecule has 0 saturated carbocycles. The standard InChI is InChI=1S/C14H17NO4/c1-9(19-2)13(16)15-8-7-11(14(17)18)10-5-3-4-6-12(10)15/h3-6,9,11H,7-8H2,1-2H3,(H,17,18). The Morgan fingerprint density at radius 1 is 1.42 bits per heavy atom. The van der Waals surface area contributed by atoms with E-state index < -0.39 is 18.0 Å². The zero-order chi connectivity index (χ0) is 14.0. The van der Waals surface area contributed by atoms with E-state index in [-0.39, 0.29) is 5.91 Å². The minimum Gasteiger partial charge on any atom is -0.481 e. The van der Waals surface area contributed by atoms with Crippen molar-refractivity contribution in [2.24, 2.45) is 0 Å². The number of nitrogens with zero attached hydrogens (tertiary/aromatic N) is 1. The molecule has 1 N–H and O–H groups in total. The first-order valence-electron chi connectivity index (χ1n) is 6.22. The summed E-state index contributed by atoms with van der Waals surface area (Å²) in [4.78, 5) is 25.1. The average molecular weight is 263 g/mol. The van der Waals surface area contributed by atoms with Crippen LogP contribution < -0.4 is 4.90 Å². The summed E-state index contributed by atoms with van der Waals surface area (Å²) < 4.78 is 5.05. The molecule has 1 aromatic rings. The quantitative estimate of drug-likeness (QED) is 0.900. The second-order valence-corrected chi connectivity index (χ2v) is 4.61. The lowest BCUT2D eigenvalue weighted by Gasteiger charge is -2.33. The summed E-state index contributed by atoms with van der Waals surface area (Å²) in [5.41, 5.74) is 1.37. The topological polar surface area (TPSA) is 66.8 Å². The number of carbonyl (C=O) groups excluding carboxylic acids is 1. The normalized spacial score (nSPS) is 19.7. The molecule has 1 aromatic carbocycles. The molecule has 5 heteroatoms. The fourth-order valence-electron chi connectivity index (χ4n) is 2.37. The van der Waals surface area contributed by atoms with Crippen LogP contribution >= 0.6 is 0 Å². The van der Waals surface area contributed by atoms with Crippen molar-refractivity contribution in [3.63, 3.8) is 0 Å². The molecule has 19 heavy (non-hydrogen) atoms. The lowest BCUT2D eigenvalue weighted by atomic mass is 9.90. The smallest absolute Gasteiger partial charge is 0.311 e. The summed E-state index contributed by atoms with van der Waals surface area (Å²) >= 11 is 0. The Balaban J connectivity index is 2.38. The number of rotatable bonds is 3. The number of amides is 1. The number of fused-ring (bicyclic) bond motifs is 1. The van der Waals surface area contributed by atoms with Gasteiger partial charge in [0.25, 0.3) is 5.91 Å². The molecule has 0 fully saturated rings. The SMILES string of the molecule is COC(C)C(=O)N1CCC(C(=O)O)c2ccccc21. The molecule has 1 aliphatic rings. The molecule has 102 valence electrons. The molecule has 1 heterocycles. The van der Waals surface area contributed by atoms with Crippen LogP contribution in [0.2, 0.25) is 0 Å². The van der Waals surface area contributed by atoms with Crippen molar-refractivity contribution in [2.75, 3.05) is 18.6 Å². The van der Waals surface area contributed by atoms with Crippen molar-refractivity contribution in [1.29, 1.82) is 0 Å². The average Bonchev–Trinajstić information content (AvgIpc) is 2.44. The molecular formula is C14H17NO4. The van der Waals surface area contributed by atoms with Crippen LogP contribution in [0, 0.1) is 0 Å². The van der Waals surface area contributed by atoms with Crippen molar-refractivity contribution < 1.29 is 19.4 Å². The first-order valence-corrected chi connectivity index (χ1v) is 6.22. The summed E-state index contributed by atoms with van der Waals surface area (Å²) in [6.07, 6.45) is -0.108. The maximum Gasteiger partial charge on any atom is 0.311 e. The van der Waals surface area contributed by atoms with Crippen LogP contribution in [0.4, 0.5) is 5.69 Å². The third kappa shape index (κ3) is 2.46. The zero-order valence-corrected chi connectivity index (χ0v) is 11.0. The molecule has 0 aromatic heterocycles. The maximum absolute atomic E-state index is 12.2. The maximum atomic E-state index is 12.2. The van der Waals surface area contributed by atoms with Crippen molar-refractivity contribution in [3.05, 3.63) is 29.8 Å². The van der Waals surface area contributed by atoms with E-state index in [9.17, 15) is 14.7 Å². The van der Waals surface area contributed by atoms with Crippen LogP contribution in [-0.4, -0.2) is 36.7 Å². The number of carboxylic acids is 1. The first kappa shape index (κ1) is 13.5. The predicted molar refractivity (Wildman–Crippen MR) is 70.3 cm³/mol. The highest BCUT2D eigenvalue weighted by Crippen LogP contribution is 2.35. The van der Waals surface area contributed by atoms with Crippen LogP contribution in [0.5, 0.6) is 0 Å². The highest BCUT2D eigenvalue weighted by Gasteiger charge is 2.33. The molecule has 5 nitrogen and oxygen atoms in total. The van der Waals surface area contributed by atoms with Crippen LogP contribution in [0.25, 0.3) is 0 Å². The van der Waals surface area contributed by atoms with Gasteiger partial charge in [0.1, 0.15) is 6.10 Å². The largest absolute Gasteiger partial charge is 0.481 e. The third-order valence-corrected chi connectivity index (χ3v) is 3.51.